The van der Waals surface area contributed by atoms with Gasteiger partial charge in [-0.1, -0.05) is 25.1 Å². The van der Waals surface area contributed by atoms with E-state index in [1.165, 1.54) is 0 Å². The van der Waals surface area contributed by atoms with Crippen molar-refractivity contribution in [3.8, 4) is 0 Å². The second-order valence-corrected chi connectivity index (χ2v) is 5.22. The molecule has 106 valence electrons. The van der Waals surface area contributed by atoms with Gasteiger partial charge in [-0.25, -0.2) is 0 Å². The first-order valence-corrected chi connectivity index (χ1v) is 7.29. The lowest BCUT2D eigenvalue weighted by molar-refractivity contribution is 0.0853. The molecule has 1 atom stereocenters. The second-order valence-electron chi connectivity index (χ2n) is 5.22. The van der Waals surface area contributed by atoms with Crippen LogP contribution in [0.2, 0.25) is 0 Å². The number of H-pyrrole nitrogens is 1. The number of para-hydroxylation sites is 1. The van der Waals surface area contributed by atoms with E-state index in [1.807, 2.05) is 18.2 Å². The Labute approximate surface area is 118 Å². The zero-order chi connectivity index (χ0) is 13.9. The maximum atomic E-state index is 12.4. The lowest BCUT2D eigenvalue weighted by atomic mass is 10.1. The van der Waals surface area contributed by atoms with E-state index in [0.717, 1.165) is 42.3 Å². The standard InChI is InChI=1S/C16H20N2O2/c1-2-12-13-7-3-4-8-14(13)18-15(12)16(19)17-10-11-6-5-9-20-11/h3-4,7-8,11,18H,2,5-6,9-10H2,1H3,(H,17,19)/t11-/m1/s1. The molecule has 0 radical (unpaired) electrons. The monoisotopic (exact) mass is 272 g/mol. The predicted octanol–water partition coefficient (Wildman–Crippen LogP) is 2.64. The molecular weight excluding hydrogens is 252 g/mol. The molecule has 1 saturated heterocycles. The van der Waals surface area contributed by atoms with Crippen LogP contribution in [0.1, 0.15) is 35.8 Å². The van der Waals surface area contributed by atoms with E-state index in [4.69, 9.17) is 4.74 Å². The molecule has 1 aromatic heterocycles. The summed E-state index contributed by atoms with van der Waals surface area (Å²) >= 11 is 0. The average Bonchev–Trinajstić information content (AvgIpc) is 3.11. The Morgan fingerprint density at radius 3 is 3.05 bits per heavy atom. The zero-order valence-corrected chi connectivity index (χ0v) is 11.7. The van der Waals surface area contributed by atoms with Gasteiger partial charge in [0.2, 0.25) is 0 Å². The van der Waals surface area contributed by atoms with Gasteiger partial charge in [0, 0.05) is 24.1 Å². The number of ether oxygens (including phenoxy) is 1. The molecule has 2 heterocycles. The minimum Gasteiger partial charge on any atom is -0.376 e. The topological polar surface area (TPSA) is 54.1 Å². The highest BCUT2D eigenvalue weighted by Gasteiger charge is 2.19. The second kappa shape index (κ2) is 5.67. The van der Waals surface area contributed by atoms with Crippen LogP contribution in [0.15, 0.2) is 24.3 Å². The fraction of sp³-hybridized carbons (Fsp3) is 0.438. The average molecular weight is 272 g/mol. The van der Waals surface area contributed by atoms with Crippen LogP contribution >= 0.6 is 0 Å². The fourth-order valence-electron chi connectivity index (χ4n) is 2.86. The molecule has 1 aliphatic rings. The van der Waals surface area contributed by atoms with Crippen LogP contribution in [-0.2, 0) is 11.2 Å². The van der Waals surface area contributed by atoms with E-state index in [9.17, 15) is 4.79 Å². The number of aryl methyl sites for hydroxylation is 1. The molecule has 4 nitrogen and oxygen atoms in total. The molecule has 1 aromatic carbocycles. The number of aromatic amines is 1. The predicted molar refractivity (Wildman–Crippen MR) is 79.0 cm³/mol. The minimum atomic E-state index is -0.0338. The van der Waals surface area contributed by atoms with E-state index in [0.29, 0.717) is 12.2 Å². The van der Waals surface area contributed by atoms with Crippen LogP contribution in [-0.4, -0.2) is 30.1 Å². The summed E-state index contributed by atoms with van der Waals surface area (Å²) in [5.74, 6) is -0.0338. The van der Waals surface area contributed by atoms with Crippen LogP contribution in [0.25, 0.3) is 10.9 Å². The third-order valence-electron chi connectivity index (χ3n) is 3.91. The van der Waals surface area contributed by atoms with Crippen LogP contribution in [0.5, 0.6) is 0 Å². The molecule has 1 aliphatic heterocycles. The maximum Gasteiger partial charge on any atom is 0.268 e. The van der Waals surface area contributed by atoms with Crippen molar-refractivity contribution < 1.29 is 9.53 Å². The minimum absolute atomic E-state index is 0.0338. The molecule has 0 spiro atoms. The molecule has 2 N–H and O–H groups in total. The van der Waals surface area contributed by atoms with Gasteiger partial charge >= 0.3 is 0 Å². The van der Waals surface area contributed by atoms with Gasteiger partial charge in [-0.3, -0.25) is 4.79 Å². The zero-order valence-electron chi connectivity index (χ0n) is 11.7. The fourth-order valence-corrected chi connectivity index (χ4v) is 2.86. The number of carbonyl (C=O) groups is 1. The van der Waals surface area contributed by atoms with Gasteiger partial charge < -0.3 is 15.0 Å². The molecular formula is C16H20N2O2. The molecule has 0 unspecified atom stereocenters. The molecule has 20 heavy (non-hydrogen) atoms. The number of fused-ring (bicyclic) bond motifs is 1. The number of aromatic nitrogens is 1. The highest BCUT2D eigenvalue weighted by Crippen LogP contribution is 2.23. The Kier molecular flexibility index (Phi) is 3.74. The van der Waals surface area contributed by atoms with Crippen molar-refractivity contribution in [3.63, 3.8) is 0 Å². The van der Waals surface area contributed by atoms with Crippen molar-refractivity contribution >= 4 is 16.8 Å². The Balaban J connectivity index is 1.79. The summed E-state index contributed by atoms with van der Waals surface area (Å²) in [6, 6.07) is 8.04. The SMILES string of the molecule is CCc1c(C(=O)NC[C@H]2CCCO2)[nH]c2ccccc12. The molecule has 3 rings (SSSR count). The summed E-state index contributed by atoms with van der Waals surface area (Å²) in [5.41, 5.74) is 2.80. The van der Waals surface area contributed by atoms with Crippen LogP contribution in [0, 0.1) is 0 Å². The number of amides is 1. The van der Waals surface area contributed by atoms with Gasteiger partial charge in [-0.2, -0.15) is 0 Å². The highest BCUT2D eigenvalue weighted by molar-refractivity contribution is 6.01. The molecule has 4 heteroatoms. The summed E-state index contributed by atoms with van der Waals surface area (Å²) in [4.78, 5) is 15.6. The number of rotatable bonds is 4. The first kappa shape index (κ1) is 13.2. The summed E-state index contributed by atoms with van der Waals surface area (Å²) in [6.07, 6.45) is 3.14. The third-order valence-corrected chi connectivity index (χ3v) is 3.91. The number of hydrogen-bond acceptors (Lipinski definition) is 2. The van der Waals surface area contributed by atoms with E-state index in [-0.39, 0.29) is 12.0 Å². The largest absolute Gasteiger partial charge is 0.376 e. The quantitative estimate of drug-likeness (QED) is 0.899. The number of hydrogen-bond donors (Lipinski definition) is 2. The van der Waals surface area contributed by atoms with E-state index in [1.54, 1.807) is 0 Å². The summed E-state index contributed by atoms with van der Waals surface area (Å²) in [7, 11) is 0. The van der Waals surface area contributed by atoms with E-state index in [2.05, 4.69) is 23.3 Å². The maximum absolute atomic E-state index is 12.4. The molecule has 2 aromatic rings. The smallest absolute Gasteiger partial charge is 0.268 e. The van der Waals surface area contributed by atoms with Gasteiger partial charge in [0.05, 0.1) is 6.10 Å². The van der Waals surface area contributed by atoms with Crippen molar-refractivity contribution in [2.75, 3.05) is 13.2 Å². The van der Waals surface area contributed by atoms with Crippen molar-refractivity contribution in [2.24, 2.45) is 0 Å². The lowest BCUT2D eigenvalue weighted by Gasteiger charge is -2.10. The van der Waals surface area contributed by atoms with Crippen molar-refractivity contribution in [1.29, 1.82) is 0 Å². The normalized spacial score (nSPS) is 18.6. The number of benzene rings is 1. The van der Waals surface area contributed by atoms with Gasteiger partial charge in [-0.15, -0.1) is 0 Å². The van der Waals surface area contributed by atoms with Crippen LogP contribution in [0.3, 0.4) is 0 Å². The van der Waals surface area contributed by atoms with Gasteiger partial charge in [0.15, 0.2) is 0 Å². The molecule has 0 aliphatic carbocycles. The molecule has 0 saturated carbocycles. The highest BCUT2D eigenvalue weighted by atomic mass is 16.5. The van der Waals surface area contributed by atoms with Crippen molar-refractivity contribution in [2.45, 2.75) is 32.3 Å². The van der Waals surface area contributed by atoms with Gasteiger partial charge in [0.25, 0.3) is 5.91 Å². The Hall–Kier alpha value is -1.81. The van der Waals surface area contributed by atoms with E-state index >= 15 is 0 Å². The first-order chi connectivity index (χ1) is 9.79. The first-order valence-electron chi connectivity index (χ1n) is 7.29. The Bertz CT molecular complexity index is 612. The summed E-state index contributed by atoms with van der Waals surface area (Å²) in [6.45, 7) is 3.48. The van der Waals surface area contributed by atoms with Crippen molar-refractivity contribution in [1.82, 2.24) is 10.3 Å². The molecule has 1 fully saturated rings. The number of nitrogens with one attached hydrogen (secondary N) is 2. The van der Waals surface area contributed by atoms with Crippen LogP contribution < -0.4 is 5.32 Å². The number of carbonyl (C=O) groups excluding carboxylic acids is 1. The lowest BCUT2D eigenvalue weighted by Crippen LogP contribution is -2.32. The Morgan fingerprint density at radius 2 is 2.30 bits per heavy atom. The van der Waals surface area contributed by atoms with E-state index < -0.39 is 0 Å². The third kappa shape index (κ3) is 2.43. The Morgan fingerprint density at radius 1 is 1.45 bits per heavy atom. The molecule has 0 bridgehead atoms. The summed E-state index contributed by atoms with van der Waals surface area (Å²) < 4.78 is 5.53. The van der Waals surface area contributed by atoms with Gasteiger partial charge in [0.1, 0.15) is 5.69 Å². The molecule has 1 amide bonds. The van der Waals surface area contributed by atoms with Crippen LogP contribution in [0.4, 0.5) is 0 Å². The summed E-state index contributed by atoms with van der Waals surface area (Å²) in [5, 5.41) is 4.12. The van der Waals surface area contributed by atoms with Crippen molar-refractivity contribution in [3.05, 3.63) is 35.5 Å². The van der Waals surface area contributed by atoms with Gasteiger partial charge in [-0.05, 0) is 30.9 Å².